The fraction of sp³-hybridized carbons (Fsp3) is 0.538. The Bertz CT molecular complexity index is 408. The molecular weight excluding hydrogens is 246 g/mol. The summed E-state index contributed by atoms with van der Waals surface area (Å²) in [7, 11) is 0. The predicted octanol–water partition coefficient (Wildman–Crippen LogP) is 4.88. The molecule has 5 heteroatoms. The van der Waals surface area contributed by atoms with E-state index in [0.717, 1.165) is 6.07 Å². The van der Waals surface area contributed by atoms with E-state index in [-0.39, 0.29) is 16.8 Å². The van der Waals surface area contributed by atoms with Crippen molar-refractivity contribution in [2.24, 2.45) is 0 Å². The normalized spacial score (nSPS) is 11.2. The Balaban J connectivity index is 0.00000137. The number of benzene rings is 1. The average molecular weight is 265 g/mol. The molecule has 0 heterocycles. The summed E-state index contributed by atoms with van der Waals surface area (Å²) in [6.07, 6.45) is -4.56. The molecule has 0 atom stereocenters. The van der Waals surface area contributed by atoms with Gasteiger partial charge in [0, 0.05) is 5.56 Å². The summed E-state index contributed by atoms with van der Waals surface area (Å²) in [6.45, 7) is 8.30. The number of halogens is 4. The maximum atomic E-state index is 13.6. The predicted molar refractivity (Wildman–Crippen MR) is 66.0 cm³/mol. The number of rotatable bonds is 1. The minimum absolute atomic E-state index is 0.0462. The van der Waals surface area contributed by atoms with Crippen molar-refractivity contribution in [3.8, 4) is 0 Å². The van der Waals surface area contributed by atoms with Crippen molar-refractivity contribution in [2.45, 2.75) is 46.7 Å². The van der Waals surface area contributed by atoms with E-state index in [4.69, 9.17) is 5.73 Å². The maximum Gasteiger partial charge on any atom is 0.417 e. The molecule has 0 aromatic heterocycles. The Kier molecular flexibility index (Phi) is 5.64. The zero-order chi connectivity index (χ0) is 14.7. The van der Waals surface area contributed by atoms with E-state index in [1.54, 1.807) is 0 Å². The first-order chi connectivity index (χ1) is 8.16. The van der Waals surface area contributed by atoms with Crippen LogP contribution in [0.3, 0.4) is 0 Å². The summed E-state index contributed by atoms with van der Waals surface area (Å²) in [5, 5.41) is 0. The summed E-state index contributed by atoms with van der Waals surface area (Å²) in [6, 6.07) is 1.02. The molecular formula is C13H19F4N. The van der Waals surface area contributed by atoms with Crippen LogP contribution in [-0.2, 0) is 6.18 Å². The average Bonchev–Trinajstić information content (AvgIpc) is 2.23. The lowest BCUT2D eigenvalue weighted by molar-refractivity contribution is -0.139. The van der Waals surface area contributed by atoms with Crippen molar-refractivity contribution in [1.82, 2.24) is 0 Å². The van der Waals surface area contributed by atoms with Crippen LogP contribution >= 0.6 is 0 Å². The van der Waals surface area contributed by atoms with Crippen molar-refractivity contribution >= 4 is 5.69 Å². The van der Waals surface area contributed by atoms with Gasteiger partial charge >= 0.3 is 6.18 Å². The molecule has 1 aromatic rings. The van der Waals surface area contributed by atoms with Gasteiger partial charge in [-0.2, -0.15) is 13.2 Å². The molecule has 1 rings (SSSR count). The van der Waals surface area contributed by atoms with E-state index in [9.17, 15) is 17.6 Å². The van der Waals surface area contributed by atoms with Crippen LogP contribution in [0.4, 0.5) is 23.2 Å². The molecule has 0 spiro atoms. The molecule has 1 aromatic carbocycles. The molecule has 0 amide bonds. The van der Waals surface area contributed by atoms with Gasteiger partial charge in [-0.15, -0.1) is 0 Å². The van der Waals surface area contributed by atoms with Crippen LogP contribution in [0.1, 0.15) is 50.3 Å². The second kappa shape index (κ2) is 6.07. The molecule has 0 saturated heterocycles. The van der Waals surface area contributed by atoms with Gasteiger partial charge in [-0.05, 0) is 24.5 Å². The zero-order valence-electron chi connectivity index (χ0n) is 11.2. The number of aryl methyl sites for hydroxylation is 1. The topological polar surface area (TPSA) is 26.0 Å². The van der Waals surface area contributed by atoms with Crippen LogP contribution in [0, 0.1) is 12.7 Å². The fourth-order valence-corrected chi connectivity index (χ4v) is 1.76. The van der Waals surface area contributed by atoms with Gasteiger partial charge in [0.15, 0.2) is 0 Å². The van der Waals surface area contributed by atoms with Crippen LogP contribution < -0.4 is 5.73 Å². The van der Waals surface area contributed by atoms with E-state index in [0.29, 0.717) is 0 Å². The van der Waals surface area contributed by atoms with Crippen molar-refractivity contribution in [3.05, 3.63) is 28.6 Å². The lowest BCUT2D eigenvalue weighted by Crippen LogP contribution is -2.15. The van der Waals surface area contributed by atoms with Gasteiger partial charge in [0.25, 0.3) is 0 Å². The first-order valence-electron chi connectivity index (χ1n) is 5.82. The second-order valence-electron chi connectivity index (χ2n) is 4.04. The van der Waals surface area contributed by atoms with Crippen LogP contribution in [-0.4, -0.2) is 0 Å². The zero-order valence-corrected chi connectivity index (χ0v) is 11.2. The van der Waals surface area contributed by atoms with Gasteiger partial charge in [-0.25, -0.2) is 4.39 Å². The Labute approximate surface area is 105 Å². The van der Waals surface area contributed by atoms with Gasteiger partial charge < -0.3 is 5.73 Å². The van der Waals surface area contributed by atoms with Crippen molar-refractivity contribution in [1.29, 1.82) is 0 Å². The molecule has 0 bridgehead atoms. The third-order valence-corrected chi connectivity index (χ3v) is 2.39. The van der Waals surface area contributed by atoms with E-state index in [1.165, 1.54) is 20.8 Å². The molecule has 0 aliphatic heterocycles. The minimum Gasteiger partial charge on any atom is -0.396 e. The SMILES string of the molecule is CC.Cc1cc(N)c(F)c(C(C)C)c1C(F)(F)F. The molecule has 0 aliphatic carbocycles. The maximum absolute atomic E-state index is 13.6. The van der Waals surface area contributed by atoms with Gasteiger partial charge in [-0.3, -0.25) is 0 Å². The highest BCUT2D eigenvalue weighted by atomic mass is 19.4. The van der Waals surface area contributed by atoms with Crippen LogP contribution in [0.15, 0.2) is 6.07 Å². The Morgan fingerprint density at radius 3 is 1.94 bits per heavy atom. The number of nitrogens with two attached hydrogens (primary N) is 1. The van der Waals surface area contributed by atoms with Crippen LogP contribution in [0.5, 0.6) is 0 Å². The lowest BCUT2D eigenvalue weighted by atomic mass is 9.92. The molecule has 18 heavy (non-hydrogen) atoms. The molecule has 0 radical (unpaired) electrons. The minimum atomic E-state index is -4.56. The molecule has 2 N–H and O–H groups in total. The summed E-state index contributed by atoms with van der Waals surface area (Å²) < 4.78 is 51.9. The summed E-state index contributed by atoms with van der Waals surface area (Å²) >= 11 is 0. The highest BCUT2D eigenvalue weighted by molar-refractivity contribution is 5.53. The first kappa shape index (κ1) is 16.7. The van der Waals surface area contributed by atoms with Crippen molar-refractivity contribution in [2.75, 3.05) is 5.73 Å². The monoisotopic (exact) mass is 265 g/mol. The largest absolute Gasteiger partial charge is 0.417 e. The van der Waals surface area contributed by atoms with Gasteiger partial charge in [0.05, 0.1) is 11.3 Å². The molecule has 104 valence electrons. The van der Waals surface area contributed by atoms with E-state index < -0.39 is 23.5 Å². The summed E-state index contributed by atoms with van der Waals surface area (Å²) in [5.74, 6) is -1.54. The number of hydrogen-bond donors (Lipinski definition) is 1. The van der Waals surface area contributed by atoms with Gasteiger partial charge in [0.2, 0.25) is 0 Å². The van der Waals surface area contributed by atoms with Crippen molar-refractivity contribution < 1.29 is 17.6 Å². The Hall–Kier alpha value is -1.26. The highest BCUT2D eigenvalue weighted by Gasteiger charge is 2.37. The van der Waals surface area contributed by atoms with E-state index >= 15 is 0 Å². The van der Waals surface area contributed by atoms with E-state index in [2.05, 4.69) is 0 Å². The van der Waals surface area contributed by atoms with Gasteiger partial charge in [0.1, 0.15) is 5.82 Å². The van der Waals surface area contributed by atoms with Gasteiger partial charge in [-0.1, -0.05) is 27.7 Å². The third kappa shape index (κ3) is 3.37. The summed E-state index contributed by atoms with van der Waals surface area (Å²) in [5.41, 5.74) is 3.78. The quantitative estimate of drug-likeness (QED) is 0.568. The smallest absolute Gasteiger partial charge is 0.396 e. The lowest BCUT2D eigenvalue weighted by Gasteiger charge is -2.20. The van der Waals surface area contributed by atoms with Crippen LogP contribution in [0.2, 0.25) is 0 Å². The number of alkyl halides is 3. The molecule has 0 aliphatic rings. The van der Waals surface area contributed by atoms with Crippen molar-refractivity contribution in [3.63, 3.8) is 0 Å². The standard InChI is InChI=1S/C11H13F4N.C2H6/c1-5(2)8-9(11(13,14)15)6(3)4-7(16)10(8)12;1-2/h4-5H,16H2,1-3H3;1-2H3. The number of nitrogen functional groups attached to an aromatic ring is 1. The number of hydrogen-bond acceptors (Lipinski definition) is 1. The second-order valence-corrected chi connectivity index (χ2v) is 4.04. The highest BCUT2D eigenvalue weighted by Crippen LogP contribution is 2.40. The van der Waals surface area contributed by atoms with Crippen LogP contribution in [0.25, 0.3) is 0 Å². The summed E-state index contributed by atoms with van der Waals surface area (Å²) in [4.78, 5) is 0. The fourth-order valence-electron chi connectivity index (χ4n) is 1.76. The Morgan fingerprint density at radius 2 is 1.61 bits per heavy atom. The molecule has 1 nitrogen and oxygen atoms in total. The van der Waals surface area contributed by atoms with E-state index in [1.807, 2.05) is 13.8 Å². The molecule has 0 fully saturated rings. The molecule has 0 unspecified atom stereocenters. The molecule has 0 saturated carbocycles. The Morgan fingerprint density at radius 1 is 1.17 bits per heavy atom. The first-order valence-corrected chi connectivity index (χ1v) is 5.82. The number of anilines is 1. The third-order valence-electron chi connectivity index (χ3n) is 2.39.